The molecule has 0 spiro atoms. The molecule has 1 atom stereocenters. The maximum Gasteiger partial charge on any atom is 0.251 e. The van der Waals surface area contributed by atoms with Crippen LogP contribution in [-0.4, -0.2) is 23.7 Å². The highest BCUT2D eigenvalue weighted by atomic mass is 16.3. The van der Waals surface area contributed by atoms with Crippen LogP contribution in [0.25, 0.3) is 0 Å². The Kier molecular flexibility index (Phi) is 3.68. The number of amides is 1. The number of rotatable bonds is 3. The van der Waals surface area contributed by atoms with Crippen molar-refractivity contribution in [3.63, 3.8) is 0 Å². The Morgan fingerprint density at radius 2 is 2.27 bits per heavy atom. The lowest BCUT2D eigenvalue weighted by molar-refractivity contribution is 0.0924. The van der Waals surface area contributed by atoms with E-state index in [1.807, 2.05) is 6.92 Å². The fourth-order valence-electron chi connectivity index (χ4n) is 1.16. The first-order valence-electron chi connectivity index (χ1n) is 4.83. The number of nitrogen functional groups attached to an aromatic ring is 1. The fourth-order valence-corrected chi connectivity index (χ4v) is 1.16. The minimum atomic E-state index is -0.538. The summed E-state index contributed by atoms with van der Waals surface area (Å²) in [5.74, 6) is -0.195. The van der Waals surface area contributed by atoms with E-state index in [9.17, 15) is 4.79 Å². The molecule has 0 bridgehead atoms. The summed E-state index contributed by atoms with van der Waals surface area (Å²) in [6, 6.07) is 5.10. The Bertz CT molecular complexity index is 362. The second kappa shape index (κ2) is 4.79. The average Bonchev–Trinajstić information content (AvgIpc) is 2.18. The topological polar surface area (TPSA) is 75.3 Å². The zero-order valence-electron chi connectivity index (χ0n) is 8.95. The highest BCUT2D eigenvalue weighted by Gasteiger charge is 2.07. The molecule has 4 heteroatoms. The van der Waals surface area contributed by atoms with Crippen LogP contribution in [0.3, 0.4) is 0 Å². The van der Waals surface area contributed by atoms with Gasteiger partial charge in [-0.3, -0.25) is 4.79 Å². The van der Waals surface area contributed by atoms with Crippen molar-refractivity contribution in [3.05, 3.63) is 29.3 Å². The molecule has 1 aromatic rings. The lowest BCUT2D eigenvalue weighted by Gasteiger charge is -2.08. The number of aliphatic hydroxyl groups excluding tert-OH is 1. The summed E-state index contributed by atoms with van der Waals surface area (Å²) in [5, 5.41) is 11.6. The lowest BCUT2D eigenvalue weighted by Crippen LogP contribution is -2.30. The molecule has 1 amide bonds. The summed E-state index contributed by atoms with van der Waals surface area (Å²) in [5.41, 5.74) is 7.74. The second-order valence-corrected chi connectivity index (χ2v) is 3.63. The van der Waals surface area contributed by atoms with Gasteiger partial charge in [0.2, 0.25) is 0 Å². The normalized spacial score (nSPS) is 12.2. The highest BCUT2D eigenvalue weighted by molar-refractivity contribution is 5.94. The van der Waals surface area contributed by atoms with E-state index in [4.69, 9.17) is 10.8 Å². The molecule has 0 aromatic heterocycles. The quantitative estimate of drug-likeness (QED) is 0.640. The summed E-state index contributed by atoms with van der Waals surface area (Å²) in [4.78, 5) is 11.5. The number of anilines is 1. The monoisotopic (exact) mass is 208 g/mol. The van der Waals surface area contributed by atoms with Gasteiger partial charge in [0.1, 0.15) is 0 Å². The van der Waals surface area contributed by atoms with Crippen molar-refractivity contribution in [3.8, 4) is 0 Å². The third-order valence-corrected chi connectivity index (χ3v) is 2.09. The molecule has 0 saturated carbocycles. The SMILES string of the molecule is Cc1cc(C(=O)NC[C@H](C)O)ccc1N. The Morgan fingerprint density at radius 1 is 1.60 bits per heavy atom. The molecule has 0 aliphatic heterocycles. The number of nitrogens with two attached hydrogens (primary N) is 1. The van der Waals surface area contributed by atoms with Crippen molar-refractivity contribution in [1.29, 1.82) is 0 Å². The van der Waals surface area contributed by atoms with Crippen LogP contribution in [0.4, 0.5) is 5.69 Å². The van der Waals surface area contributed by atoms with Crippen LogP contribution < -0.4 is 11.1 Å². The third kappa shape index (κ3) is 3.25. The molecule has 4 N–H and O–H groups in total. The summed E-state index contributed by atoms with van der Waals surface area (Å²) in [6.07, 6.45) is -0.538. The first-order chi connectivity index (χ1) is 7.00. The van der Waals surface area contributed by atoms with Crippen molar-refractivity contribution >= 4 is 11.6 Å². The number of hydrogen-bond donors (Lipinski definition) is 3. The lowest BCUT2D eigenvalue weighted by atomic mass is 10.1. The Balaban J connectivity index is 2.70. The van der Waals surface area contributed by atoms with Crippen LogP contribution in [0, 0.1) is 6.92 Å². The van der Waals surface area contributed by atoms with Gasteiger partial charge in [0.05, 0.1) is 6.10 Å². The van der Waals surface area contributed by atoms with Gasteiger partial charge in [-0.25, -0.2) is 0 Å². The van der Waals surface area contributed by atoms with Crippen LogP contribution in [0.2, 0.25) is 0 Å². The standard InChI is InChI=1S/C11H16N2O2/c1-7-5-9(3-4-10(7)12)11(15)13-6-8(2)14/h3-5,8,14H,6,12H2,1-2H3,(H,13,15)/t8-/m0/s1. The van der Waals surface area contributed by atoms with E-state index >= 15 is 0 Å². The molecule has 82 valence electrons. The van der Waals surface area contributed by atoms with Gasteiger partial charge >= 0.3 is 0 Å². The van der Waals surface area contributed by atoms with Crippen molar-refractivity contribution in [2.75, 3.05) is 12.3 Å². The van der Waals surface area contributed by atoms with Crippen molar-refractivity contribution in [1.82, 2.24) is 5.32 Å². The molecule has 0 saturated heterocycles. The van der Waals surface area contributed by atoms with Crippen molar-refractivity contribution < 1.29 is 9.90 Å². The zero-order valence-corrected chi connectivity index (χ0v) is 8.95. The van der Waals surface area contributed by atoms with Gasteiger partial charge in [0.25, 0.3) is 5.91 Å². The minimum Gasteiger partial charge on any atom is -0.399 e. The molecule has 4 nitrogen and oxygen atoms in total. The van der Waals surface area contributed by atoms with Gasteiger partial charge < -0.3 is 16.2 Å². The maximum atomic E-state index is 11.5. The first-order valence-corrected chi connectivity index (χ1v) is 4.83. The molecule has 0 unspecified atom stereocenters. The molecule has 1 rings (SSSR count). The molecule has 0 heterocycles. The second-order valence-electron chi connectivity index (χ2n) is 3.63. The zero-order chi connectivity index (χ0) is 11.4. The van der Waals surface area contributed by atoms with Crippen LogP contribution >= 0.6 is 0 Å². The smallest absolute Gasteiger partial charge is 0.251 e. The number of aryl methyl sites for hydroxylation is 1. The van der Waals surface area contributed by atoms with Crippen LogP contribution in [0.5, 0.6) is 0 Å². The van der Waals surface area contributed by atoms with E-state index in [2.05, 4.69) is 5.32 Å². The van der Waals surface area contributed by atoms with E-state index in [-0.39, 0.29) is 12.5 Å². The van der Waals surface area contributed by atoms with Gasteiger partial charge in [-0.2, -0.15) is 0 Å². The van der Waals surface area contributed by atoms with E-state index in [0.29, 0.717) is 11.3 Å². The number of hydrogen-bond acceptors (Lipinski definition) is 3. The van der Waals surface area contributed by atoms with Crippen molar-refractivity contribution in [2.45, 2.75) is 20.0 Å². The van der Waals surface area contributed by atoms with Gasteiger partial charge in [-0.05, 0) is 37.6 Å². The number of aliphatic hydroxyl groups is 1. The maximum absolute atomic E-state index is 11.5. The summed E-state index contributed by atoms with van der Waals surface area (Å²) >= 11 is 0. The van der Waals surface area contributed by atoms with Crippen LogP contribution in [0.15, 0.2) is 18.2 Å². The van der Waals surface area contributed by atoms with E-state index in [0.717, 1.165) is 5.56 Å². The number of nitrogens with one attached hydrogen (secondary N) is 1. The minimum absolute atomic E-state index is 0.195. The molecule has 15 heavy (non-hydrogen) atoms. The molecule has 0 radical (unpaired) electrons. The summed E-state index contributed by atoms with van der Waals surface area (Å²) in [7, 11) is 0. The van der Waals surface area contributed by atoms with Gasteiger partial charge in [0, 0.05) is 17.8 Å². The average molecular weight is 208 g/mol. The molecular formula is C11H16N2O2. The van der Waals surface area contributed by atoms with Crippen LogP contribution in [-0.2, 0) is 0 Å². The predicted molar refractivity (Wildman–Crippen MR) is 59.6 cm³/mol. The van der Waals surface area contributed by atoms with Crippen LogP contribution in [0.1, 0.15) is 22.8 Å². The number of carbonyl (C=O) groups excluding carboxylic acids is 1. The largest absolute Gasteiger partial charge is 0.399 e. The number of benzene rings is 1. The molecular weight excluding hydrogens is 192 g/mol. The van der Waals surface area contributed by atoms with Gasteiger partial charge in [-0.15, -0.1) is 0 Å². The van der Waals surface area contributed by atoms with E-state index in [1.54, 1.807) is 25.1 Å². The molecule has 0 fully saturated rings. The Hall–Kier alpha value is -1.55. The Morgan fingerprint density at radius 3 is 2.80 bits per heavy atom. The molecule has 0 aliphatic rings. The summed E-state index contributed by atoms with van der Waals surface area (Å²) < 4.78 is 0. The Labute approximate surface area is 89.1 Å². The first kappa shape index (κ1) is 11.5. The van der Waals surface area contributed by atoms with Crippen molar-refractivity contribution in [2.24, 2.45) is 0 Å². The fraction of sp³-hybridized carbons (Fsp3) is 0.364. The van der Waals surface area contributed by atoms with Gasteiger partial charge in [0.15, 0.2) is 0 Å². The molecule has 1 aromatic carbocycles. The number of carbonyl (C=O) groups is 1. The highest BCUT2D eigenvalue weighted by Crippen LogP contribution is 2.12. The van der Waals surface area contributed by atoms with Gasteiger partial charge in [-0.1, -0.05) is 0 Å². The summed E-state index contributed by atoms with van der Waals surface area (Å²) in [6.45, 7) is 3.72. The van der Waals surface area contributed by atoms with E-state index in [1.165, 1.54) is 0 Å². The molecule has 0 aliphatic carbocycles. The third-order valence-electron chi connectivity index (χ3n) is 2.09. The van der Waals surface area contributed by atoms with E-state index < -0.39 is 6.10 Å². The predicted octanol–water partition coefficient (Wildman–Crippen LogP) is 0.688.